The van der Waals surface area contributed by atoms with Gasteiger partial charge >= 0.3 is 0 Å². The fourth-order valence-electron chi connectivity index (χ4n) is 2.03. The van der Waals surface area contributed by atoms with Crippen LogP contribution >= 0.6 is 0 Å². The van der Waals surface area contributed by atoms with E-state index in [9.17, 15) is 17.6 Å². The first-order valence-electron chi connectivity index (χ1n) is 6.54. The molecule has 0 saturated carbocycles. The third-order valence-electron chi connectivity index (χ3n) is 3.29. The summed E-state index contributed by atoms with van der Waals surface area (Å²) in [6, 6.07) is 10.4. The van der Waals surface area contributed by atoms with Gasteiger partial charge in [0.1, 0.15) is 5.82 Å². The van der Waals surface area contributed by atoms with Crippen LogP contribution in [0.25, 0.3) is 0 Å². The molecule has 0 saturated heterocycles. The summed E-state index contributed by atoms with van der Waals surface area (Å²) in [7, 11) is -1.99. The van der Waals surface area contributed by atoms with Crippen molar-refractivity contribution in [1.82, 2.24) is 0 Å². The van der Waals surface area contributed by atoms with Crippen LogP contribution in [-0.2, 0) is 9.84 Å². The van der Waals surface area contributed by atoms with E-state index in [2.05, 4.69) is 0 Å². The van der Waals surface area contributed by atoms with Crippen molar-refractivity contribution in [2.45, 2.75) is 11.8 Å². The number of amides is 1. The Labute approximate surface area is 129 Å². The van der Waals surface area contributed by atoms with Crippen LogP contribution in [0.1, 0.15) is 15.9 Å². The number of rotatable bonds is 3. The van der Waals surface area contributed by atoms with Gasteiger partial charge in [-0.2, -0.15) is 0 Å². The molecule has 2 rings (SSSR count). The van der Waals surface area contributed by atoms with Gasteiger partial charge < -0.3 is 4.90 Å². The minimum atomic E-state index is -3.51. The van der Waals surface area contributed by atoms with Crippen molar-refractivity contribution >= 4 is 21.4 Å². The number of nitrogens with zero attached hydrogens (tertiary/aromatic N) is 1. The summed E-state index contributed by atoms with van der Waals surface area (Å²) in [5.41, 5.74) is 1.29. The molecule has 1 amide bonds. The minimum Gasteiger partial charge on any atom is -0.311 e. The lowest BCUT2D eigenvalue weighted by molar-refractivity contribution is 0.0989. The Morgan fingerprint density at radius 3 is 2.41 bits per heavy atom. The molecule has 0 bridgehead atoms. The molecule has 0 aliphatic carbocycles. The van der Waals surface area contributed by atoms with Crippen LogP contribution in [0.5, 0.6) is 0 Å². The molecule has 2 aromatic rings. The Bertz CT molecular complexity index is 831. The van der Waals surface area contributed by atoms with Crippen molar-refractivity contribution in [3.8, 4) is 0 Å². The average molecular weight is 321 g/mol. The summed E-state index contributed by atoms with van der Waals surface area (Å²) in [4.78, 5) is 13.6. The number of hydrogen-bond acceptors (Lipinski definition) is 3. The number of halogens is 1. The zero-order valence-corrected chi connectivity index (χ0v) is 13.3. The molecule has 22 heavy (non-hydrogen) atoms. The third-order valence-corrected chi connectivity index (χ3v) is 4.40. The van der Waals surface area contributed by atoms with Crippen molar-refractivity contribution in [1.29, 1.82) is 0 Å². The highest BCUT2D eigenvalue weighted by molar-refractivity contribution is 7.90. The molecule has 0 aliphatic heterocycles. The van der Waals surface area contributed by atoms with E-state index in [4.69, 9.17) is 0 Å². The van der Waals surface area contributed by atoms with E-state index in [1.807, 2.05) is 13.0 Å². The molecule has 4 nitrogen and oxygen atoms in total. The molecule has 0 N–H and O–H groups in total. The summed E-state index contributed by atoms with van der Waals surface area (Å²) in [6.45, 7) is 1.88. The highest BCUT2D eigenvalue weighted by Crippen LogP contribution is 2.20. The van der Waals surface area contributed by atoms with Gasteiger partial charge in [-0.3, -0.25) is 4.79 Å². The molecule has 6 heteroatoms. The minimum absolute atomic E-state index is 0.0881. The molecule has 0 heterocycles. The van der Waals surface area contributed by atoms with E-state index in [0.717, 1.165) is 30.0 Å². The molecule has 0 spiro atoms. The number of benzene rings is 2. The Morgan fingerprint density at radius 1 is 1.14 bits per heavy atom. The first-order valence-corrected chi connectivity index (χ1v) is 8.43. The van der Waals surface area contributed by atoms with Crippen molar-refractivity contribution in [2.75, 3.05) is 18.2 Å². The zero-order valence-electron chi connectivity index (χ0n) is 12.5. The van der Waals surface area contributed by atoms with Crippen molar-refractivity contribution in [3.05, 3.63) is 59.4 Å². The average Bonchev–Trinajstić information content (AvgIpc) is 2.45. The Balaban J connectivity index is 2.45. The van der Waals surface area contributed by atoms with Crippen molar-refractivity contribution < 1.29 is 17.6 Å². The summed E-state index contributed by atoms with van der Waals surface area (Å²) in [6.07, 6.45) is 1.01. The molecular formula is C16H16FNO3S. The summed E-state index contributed by atoms with van der Waals surface area (Å²) < 4.78 is 37.0. The first kappa shape index (κ1) is 16.2. The van der Waals surface area contributed by atoms with Gasteiger partial charge in [0.15, 0.2) is 9.84 Å². The maximum atomic E-state index is 13.9. The lowest BCUT2D eigenvalue weighted by atomic mass is 10.1. The number of carbonyl (C=O) groups is 1. The Morgan fingerprint density at radius 2 is 1.82 bits per heavy atom. The topological polar surface area (TPSA) is 54.5 Å². The van der Waals surface area contributed by atoms with Gasteiger partial charge in [-0.05, 0) is 42.8 Å². The normalized spacial score (nSPS) is 11.3. The molecule has 116 valence electrons. The molecular weight excluding hydrogens is 305 g/mol. The number of anilines is 1. The SMILES string of the molecule is Cc1cccc(N(C)C(=O)c2cc(S(C)(=O)=O)ccc2F)c1. The van der Waals surface area contributed by atoms with E-state index in [1.54, 1.807) is 18.2 Å². The zero-order chi connectivity index (χ0) is 16.5. The maximum Gasteiger partial charge on any atom is 0.261 e. The summed E-state index contributed by atoms with van der Waals surface area (Å²) in [5, 5.41) is 0. The predicted molar refractivity (Wildman–Crippen MR) is 83.4 cm³/mol. The van der Waals surface area contributed by atoms with E-state index in [-0.39, 0.29) is 10.5 Å². The third kappa shape index (κ3) is 3.33. The molecule has 0 unspecified atom stereocenters. The molecule has 0 radical (unpaired) electrons. The number of hydrogen-bond donors (Lipinski definition) is 0. The Kier molecular flexibility index (Phi) is 4.32. The van der Waals surface area contributed by atoms with E-state index in [0.29, 0.717) is 5.69 Å². The standard InChI is InChI=1S/C16H16FNO3S/c1-11-5-4-6-12(9-11)18(2)16(19)14-10-13(22(3,20)21)7-8-15(14)17/h4-10H,1-3H3. The van der Waals surface area contributed by atoms with Gasteiger partial charge in [0.2, 0.25) is 0 Å². The highest BCUT2D eigenvalue weighted by Gasteiger charge is 2.20. The van der Waals surface area contributed by atoms with Gasteiger partial charge in [0.05, 0.1) is 10.5 Å². The van der Waals surface area contributed by atoms with Crippen LogP contribution in [0.2, 0.25) is 0 Å². The lowest BCUT2D eigenvalue weighted by Gasteiger charge is -2.18. The quantitative estimate of drug-likeness (QED) is 0.817. The molecule has 0 fully saturated rings. The molecule has 0 aliphatic rings. The van der Waals surface area contributed by atoms with Gasteiger partial charge in [0.25, 0.3) is 5.91 Å². The van der Waals surface area contributed by atoms with Crippen LogP contribution in [0, 0.1) is 12.7 Å². The van der Waals surface area contributed by atoms with Crippen LogP contribution in [0.3, 0.4) is 0 Å². The summed E-state index contributed by atoms with van der Waals surface area (Å²) in [5.74, 6) is -1.36. The van der Waals surface area contributed by atoms with E-state index >= 15 is 0 Å². The Hall–Kier alpha value is -2.21. The van der Waals surface area contributed by atoms with Gasteiger partial charge in [-0.15, -0.1) is 0 Å². The van der Waals surface area contributed by atoms with Gasteiger partial charge in [-0.1, -0.05) is 12.1 Å². The smallest absolute Gasteiger partial charge is 0.261 e. The second-order valence-corrected chi connectivity index (χ2v) is 7.13. The van der Waals surface area contributed by atoms with Crippen LogP contribution in [0.15, 0.2) is 47.4 Å². The molecule has 2 aromatic carbocycles. The fourth-order valence-corrected chi connectivity index (χ4v) is 2.68. The number of sulfone groups is 1. The van der Waals surface area contributed by atoms with Gasteiger partial charge in [0, 0.05) is 19.0 Å². The first-order chi connectivity index (χ1) is 10.2. The second-order valence-electron chi connectivity index (χ2n) is 5.12. The van der Waals surface area contributed by atoms with E-state index in [1.165, 1.54) is 11.9 Å². The number of carbonyl (C=O) groups excluding carboxylic acids is 1. The largest absolute Gasteiger partial charge is 0.311 e. The van der Waals surface area contributed by atoms with Crippen LogP contribution in [-0.4, -0.2) is 27.6 Å². The molecule has 0 aromatic heterocycles. The highest BCUT2D eigenvalue weighted by atomic mass is 32.2. The molecule has 0 atom stereocenters. The number of aryl methyl sites for hydroxylation is 1. The maximum absolute atomic E-state index is 13.9. The van der Waals surface area contributed by atoms with Gasteiger partial charge in [-0.25, -0.2) is 12.8 Å². The van der Waals surface area contributed by atoms with Crippen molar-refractivity contribution in [3.63, 3.8) is 0 Å². The second kappa shape index (κ2) is 5.88. The van der Waals surface area contributed by atoms with Crippen molar-refractivity contribution in [2.24, 2.45) is 0 Å². The lowest BCUT2D eigenvalue weighted by Crippen LogP contribution is -2.27. The van der Waals surface area contributed by atoms with Crippen LogP contribution in [0.4, 0.5) is 10.1 Å². The summed E-state index contributed by atoms with van der Waals surface area (Å²) >= 11 is 0. The monoisotopic (exact) mass is 321 g/mol. The van der Waals surface area contributed by atoms with E-state index < -0.39 is 21.6 Å². The fraction of sp³-hybridized carbons (Fsp3) is 0.188. The predicted octanol–water partition coefficient (Wildman–Crippen LogP) is 2.81. The van der Waals surface area contributed by atoms with Crippen LogP contribution < -0.4 is 4.90 Å².